The van der Waals surface area contributed by atoms with Crippen LogP contribution in [0.5, 0.6) is 0 Å². The molecule has 1 aromatic carbocycles. The van der Waals surface area contributed by atoms with Crippen LogP contribution >= 0.6 is 0 Å². The second-order valence-electron chi connectivity index (χ2n) is 5.28. The highest BCUT2D eigenvalue weighted by atomic mass is 16.1. The van der Waals surface area contributed by atoms with E-state index in [2.05, 4.69) is 42.2 Å². The van der Waals surface area contributed by atoms with Crippen molar-refractivity contribution < 1.29 is 4.79 Å². The van der Waals surface area contributed by atoms with Gasteiger partial charge in [-0.1, -0.05) is 42.8 Å². The number of likely N-dealkylation sites (tertiary alicyclic amines) is 1. The molecule has 19 heavy (non-hydrogen) atoms. The smallest absolute Gasteiger partial charge is 0.155 e. The maximum absolute atomic E-state index is 11.6. The van der Waals surface area contributed by atoms with Crippen LogP contribution < -0.4 is 0 Å². The number of rotatable bonds is 5. The van der Waals surface area contributed by atoms with Gasteiger partial charge in [0.1, 0.15) is 0 Å². The maximum atomic E-state index is 11.6. The molecule has 1 heterocycles. The number of hydrogen-bond donors (Lipinski definition) is 0. The van der Waals surface area contributed by atoms with Crippen molar-refractivity contribution in [2.75, 3.05) is 13.1 Å². The van der Waals surface area contributed by atoms with Crippen molar-refractivity contribution in [2.45, 2.75) is 39.2 Å². The highest BCUT2D eigenvalue weighted by Gasteiger charge is 2.14. The summed E-state index contributed by atoms with van der Waals surface area (Å²) in [4.78, 5) is 14.1. The number of ketones is 1. The summed E-state index contributed by atoms with van der Waals surface area (Å²) in [5, 5.41) is 0. The number of piperidine rings is 1. The molecule has 1 fully saturated rings. The van der Waals surface area contributed by atoms with E-state index in [0.29, 0.717) is 12.2 Å². The third-order valence-electron chi connectivity index (χ3n) is 3.61. The largest absolute Gasteiger partial charge is 0.298 e. The summed E-state index contributed by atoms with van der Waals surface area (Å²) in [7, 11) is 0. The highest BCUT2D eigenvalue weighted by molar-refractivity contribution is 5.90. The van der Waals surface area contributed by atoms with E-state index in [-0.39, 0.29) is 0 Å². The molecule has 102 valence electrons. The van der Waals surface area contributed by atoms with Crippen LogP contribution in [0.3, 0.4) is 0 Å². The maximum Gasteiger partial charge on any atom is 0.155 e. The molecule has 0 unspecified atom stereocenters. The normalized spacial score (nSPS) is 16.4. The lowest BCUT2D eigenvalue weighted by Crippen LogP contribution is -2.30. The van der Waals surface area contributed by atoms with Crippen LogP contribution in [0.25, 0.3) is 0 Å². The first kappa shape index (κ1) is 14.0. The molecule has 1 aliphatic rings. The zero-order chi connectivity index (χ0) is 13.5. The Morgan fingerprint density at radius 2 is 1.89 bits per heavy atom. The Morgan fingerprint density at radius 3 is 2.53 bits per heavy atom. The Balaban J connectivity index is 1.81. The number of benzene rings is 1. The average Bonchev–Trinajstić information content (AvgIpc) is 2.42. The Kier molecular flexibility index (Phi) is 5.34. The molecule has 2 rings (SSSR count). The first-order chi connectivity index (χ1) is 9.28. The number of carbonyl (C=O) groups excluding carboxylic acids is 1. The molecule has 2 heteroatoms. The van der Waals surface area contributed by atoms with Crippen molar-refractivity contribution in [1.29, 1.82) is 0 Å². The van der Waals surface area contributed by atoms with Crippen molar-refractivity contribution in [1.82, 2.24) is 4.90 Å². The fraction of sp³-hybridized carbons (Fsp3) is 0.471. The van der Waals surface area contributed by atoms with E-state index >= 15 is 0 Å². The summed E-state index contributed by atoms with van der Waals surface area (Å²) in [5.74, 6) is 0.300. The summed E-state index contributed by atoms with van der Waals surface area (Å²) in [5.41, 5.74) is 2.71. The zero-order valence-corrected chi connectivity index (χ0v) is 11.8. The van der Waals surface area contributed by atoms with Crippen molar-refractivity contribution in [3.8, 4) is 0 Å². The van der Waals surface area contributed by atoms with E-state index in [1.54, 1.807) is 0 Å². The fourth-order valence-electron chi connectivity index (χ4n) is 2.53. The van der Waals surface area contributed by atoms with Crippen molar-refractivity contribution >= 4 is 5.78 Å². The van der Waals surface area contributed by atoms with Crippen LogP contribution in [0, 0.1) is 0 Å². The van der Waals surface area contributed by atoms with Gasteiger partial charge in [-0.25, -0.2) is 0 Å². The first-order valence-corrected chi connectivity index (χ1v) is 7.26. The van der Waals surface area contributed by atoms with Gasteiger partial charge in [0, 0.05) is 26.1 Å². The fourth-order valence-corrected chi connectivity index (χ4v) is 2.53. The molecule has 2 nitrogen and oxygen atoms in total. The van der Waals surface area contributed by atoms with Crippen molar-refractivity contribution in [3.63, 3.8) is 0 Å². The van der Waals surface area contributed by atoms with Gasteiger partial charge in [-0.15, -0.1) is 0 Å². The van der Waals surface area contributed by atoms with Crippen LogP contribution in [0.2, 0.25) is 0 Å². The third-order valence-corrected chi connectivity index (χ3v) is 3.61. The second kappa shape index (κ2) is 7.25. The van der Waals surface area contributed by atoms with Gasteiger partial charge in [0.25, 0.3) is 0 Å². The Morgan fingerprint density at radius 1 is 1.21 bits per heavy atom. The van der Waals surface area contributed by atoms with E-state index in [4.69, 9.17) is 0 Å². The van der Waals surface area contributed by atoms with E-state index < -0.39 is 0 Å². The minimum atomic E-state index is 0.300. The zero-order valence-electron chi connectivity index (χ0n) is 11.8. The van der Waals surface area contributed by atoms with E-state index in [1.807, 2.05) is 6.08 Å². The molecule has 0 atom stereocenters. The summed E-state index contributed by atoms with van der Waals surface area (Å²) in [6, 6.07) is 10.6. The second-order valence-corrected chi connectivity index (χ2v) is 5.28. The van der Waals surface area contributed by atoms with Gasteiger partial charge in [-0.3, -0.25) is 9.69 Å². The predicted octanol–water partition coefficient (Wildman–Crippen LogP) is 3.58. The number of hydrogen-bond acceptors (Lipinski definition) is 2. The van der Waals surface area contributed by atoms with Crippen LogP contribution in [-0.4, -0.2) is 23.8 Å². The van der Waals surface area contributed by atoms with Crippen LogP contribution in [0.4, 0.5) is 0 Å². The topological polar surface area (TPSA) is 20.3 Å². The lowest BCUT2D eigenvalue weighted by atomic mass is 10.0. The van der Waals surface area contributed by atoms with Gasteiger partial charge in [-0.2, -0.15) is 0 Å². The SMILES string of the molecule is CCCC(=O)C=C1CCN(Cc2ccccc2)CC1. The molecule has 0 amide bonds. The Bertz CT molecular complexity index is 426. The average molecular weight is 257 g/mol. The summed E-state index contributed by atoms with van der Waals surface area (Å²) >= 11 is 0. The molecule has 1 saturated heterocycles. The Labute approximate surface area is 116 Å². The van der Waals surface area contributed by atoms with E-state index in [1.165, 1.54) is 11.1 Å². The van der Waals surface area contributed by atoms with Crippen LogP contribution in [0.15, 0.2) is 42.0 Å². The molecule has 1 aliphatic heterocycles. The molecule has 1 aromatic rings. The summed E-state index contributed by atoms with van der Waals surface area (Å²) in [6.45, 7) is 5.22. The lowest BCUT2D eigenvalue weighted by molar-refractivity contribution is -0.114. The quantitative estimate of drug-likeness (QED) is 0.751. The predicted molar refractivity (Wildman–Crippen MR) is 79.0 cm³/mol. The Hall–Kier alpha value is -1.41. The molecule has 0 radical (unpaired) electrons. The van der Waals surface area contributed by atoms with Crippen molar-refractivity contribution in [2.24, 2.45) is 0 Å². The molecule has 0 aromatic heterocycles. The molecular weight excluding hydrogens is 234 g/mol. The number of nitrogens with zero attached hydrogens (tertiary/aromatic N) is 1. The third kappa shape index (κ3) is 4.64. The van der Waals surface area contributed by atoms with Gasteiger partial charge < -0.3 is 0 Å². The van der Waals surface area contributed by atoms with Crippen LogP contribution in [0.1, 0.15) is 38.2 Å². The molecule has 0 saturated carbocycles. The summed E-state index contributed by atoms with van der Waals surface area (Å²) < 4.78 is 0. The molecule has 0 aliphatic carbocycles. The van der Waals surface area contributed by atoms with Gasteiger partial charge in [-0.05, 0) is 30.9 Å². The standard InChI is InChI=1S/C17H23NO/c1-2-6-17(19)13-15-9-11-18(12-10-15)14-16-7-4-3-5-8-16/h3-5,7-8,13H,2,6,9-12,14H2,1H3. The number of carbonyl (C=O) groups is 1. The minimum absolute atomic E-state index is 0.300. The van der Waals surface area contributed by atoms with Gasteiger partial charge in [0.15, 0.2) is 5.78 Å². The molecule has 0 bridgehead atoms. The lowest BCUT2D eigenvalue weighted by Gasteiger charge is -2.28. The highest BCUT2D eigenvalue weighted by Crippen LogP contribution is 2.18. The molecule has 0 N–H and O–H groups in total. The van der Waals surface area contributed by atoms with Crippen molar-refractivity contribution in [3.05, 3.63) is 47.5 Å². The van der Waals surface area contributed by atoms with E-state index in [0.717, 1.165) is 38.9 Å². The number of allylic oxidation sites excluding steroid dienone is 1. The van der Waals surface area contributed by atoms with Gasteiger partial charge >= 0.3 is 0 Å². The van der Waals surface area contributed by atoms with Gasteiger partial charge in [0.05, 0.1) is 0 Å². The monoisotopic (exact) mass is 257 g/mol. The molecular formula is C17H23NO. The minimum Gasteiger partial charge on any atom is -0.298 e. The first-order valence-electron chi connectivity index (χ1n) is 7.26. The van der Waals surface area contributed by atoms with Crippen LogP contribution in [-0.2, 0) is 11.3 Å². The summed E-state index contributed by atoms with van der Waals surface area (Å²) in [6.07, 6.45) is 5.62. The van der Waals surface area contributed by atoms with E-state index in [9.17, 15) is 4.79 Å². The van der Waals surface area contributed by atoms with Gasteiger partial charge in [0.2, 0.25) is 0 Å². The molecule has 0 spiro atoms.